The molecule has 1 N–H and O–H groups in total. The molecule has 0 saturated heterocycles. The fourth-order valence-corrected chi connectivity index (χ4v) is 1.86. The number of oxime groups is 1. The third-order valence-electron chi connectivity index (χ3n) is 2.65. The molecule has 1 aliphatic rings. The molecule has 1 aromatic carbocycles. The number of rotatable bonds is 2. The van der Waals surface area contributed by atoms with Gasteiger partial charge in [0.05, 0.1) is 18.3 Å². The number of nitrogens with zero attached hydrogens (tertiary/aromatic N) is 3. The van der Waals surface area contributed by atoms with E-state index in [1.54, 1.807) is 12.3 Å². The van der Waals surface area contributed by atoms with Crippen molar-refractivity contribution in [2.24, 2.45) is 5.16 Å². The maximum absolute atomic E-state index is 10.9. The van der Waals surface area contributed by atoms with Gasteiger partial charge in [-0.25, -0.2) is 4.79 Å². The highest BCUT2D eigenvalue weighted by Gasteiger charge is 2.17. The van der Waals surface area contributed by atoms with Gasteiger partial charge in [-0.2, -0.15) is 0 Å². The average Bonchev–Trinajstić information content (AvgIpc) is 2.87. The summed E-state index contributed by atoms with van der Waals surface area (Å²) in [5.74, 6) is -0.316. The molecule has 1 aromatic heterocycles. The highest BCUT2D eigenvalue weighted by molar-refractivity contribution is 6.02. The summed E-state index contributed by atoms with van der Waals surface area (Å²) in [6.07, 6.45) is 2.40. The molecule has 0 bridgehead atoms. The largest absolute Gasteiger partial charge is 0.411 e. The van der Waals surface area contributed by atoms with Crippen molar-refractivity contribution in [2.45, 2.75) is 12.8 Å². The van der Waals surface area contributed by atoms with Crippen molar-refractivity contribution in [3.05, 3.63) is 30.0 Å². The van der Waals surface area contributed by atoms with Crippen LogP contribution in [0.4, 0.5) is 0 Å². The predicted octanol–water partition coefficient (Wildman–Crippen LogP) is 1.12. The smallest absolute Gasteiger partial charge is 0.340 e. The fraction of sp³-hybridized carbons (Fsp3) is 0.182. The number of fused-ring (bicyclic) bond motifs is 1. The average molecular weight is 231 g/mol. The Morgan fingerprint density at radius 2 is 2.35 bits per heavy atom. The molecule has 0 aliphatic carbocycles. The van der Waals surface area contributed by atoms with Crippen molar-refractivity contribution in [1.82, 2.24) is 9.94 Å². The van der Waals surface area contributed by atoms with Crippen LogP contribution in [0.2, 0.25) is 0 Å². The van der Waals surface area contributed by atoms with Crippen LogP contribution < -0.4 is 0 Å². The number of benzene rings is 1. The minimum absolute atomic E-state index is 0.247. The van der Waals surface area contributed by atoms with Gasteiger partial charge in [0.1, 0.15) is 5.52 Å². The number of carbonyl (C=O) groups is 1. The van der Waals surface area contributed by atoms with E-state index in [4.69, 9.17) is 0 Å². The van der Waals surface area contributed by atoms with Crippen molar-refractivity contribution in [2.75, 3.05) is 0 Å². The van der Waals surface area contributed by atoms with Crippen molar-refractivity contribution in [1.29, 1.82) is 0 Å². The fourth-order valence-electron chi connectivity index (χ4n) is 1.86. The number of aromatic nitrogens is 2. The molecular weight excluding hydrogens is 222 g/mol. The Balaban J connectivity index is 1.88. The molecular formula is C11H9N3O3. The summed E-state index contributed by atoms with van der Waals surface area (Å²) < 4.78 is 0. The first kappa shape index (κ1) is 9.83. The minimum Gasteiger partial charge on any atom is -0.411 e. The van der Waals surface area contributed by atoms with Gasteiger partial charge in [-0.15, -0.1) is 9.94 Å². The molecule has 0 radical (unpaired) electrons. The van der Waals surface area contributed by atoms with Crippen molar-refractivity contribution < 1.29 is 14.8 Å². The van der Waals surface area contributed by atoms with Crippen LogP contribution in [-0.2, 0) is 16.1 Å². The van der Waals surface area contributed by atoms with Crippen LogP contribution in [0.15, 0.2) is 29.6 Å². The third-order valence-corrected chi connectivity index (χ3v) is 2.65. The molecule has 0 unspecified atom stereocenters. The molecule has 0 fully saturated rings. The lowest BCUT2D eigenvalue weighted by Gasteiger charge is -1.99. The highest BCUT2D eigenvalue weighted by atomic mass is 16.7. The van der Waals surface area contributed by atoms with Crippen molar-refractivity contribution in [3.8, 4) is 0 Å². The van der Waals surface area contributed by atoms with E-state index in [1.165, 1.54) is 0 Å². The molecule has 0 spiro atoms. The normalized spacial score (nSPS) is 15.1. The molecule has 0 saturated carbocycles. The summed E-state index contributed by atoms with van der Waals surface area (Å²) in [6.45, 7) is 0. The van der Waals surface area contributed by atoms with E-state index in [2.05, 4.69) is 15.1 Å². The van der Waals surface area contributed by atoms with Gasteiger partial charge >= 0.3 is 5.97 Å². The van der Waals surface area contributed by atoms with E-state index >= 15 is 0 Å². The van der Waals surface area contributed by atoms with Crippen molar-refractivity contribution >= 4 is 22.6 Å². The first-order chi connectivity index (χ1) is 8.22. The molecule has 2 aromatic rings. The van der Waals surface area contributed by atoms with Crippen LogP contribution in [0, 0.1) is 0 Å². The summed E-state index contributed by atoms with van der Waals surface area (Å²) in [4.78, 5) is 16.2. The first-order valence-electron chi connectivity index (χ1n) is 5.14. The maximum atomic E-state index is 10.9. The Bertz CT molecular complexity index is 630. The zero-order valence-electron chi connectivity index (χ0n) is 8.83. The Kier molecular flexibility index (Phi) is 2.07. The second-order valence-electron chi connectivity index (χ2n) is 3.90. The topological polar surface area (TPSA) is 76.7 Å². The zero-order valence-corrected chi connectivity index (χ0v) is 8.83. The van der Waals surface area contributed by atoms with E-state index in [-0.39, 0.29) is 12.4 Å². The molecule has 2 heterocycles. The van der Waals surface area contributed by atoms with Gasteiger partial charge < -0.3 is 10.0 Å². The van der Waals surface area contributed by atoms with E-state index in [0.29, 0.717) is 17.6 Å². The molecule has 86 valence electrons. The monoisotopic (exact) mass is 231 g/mol. The molecule has 17 heavy (non-hydrogen) atoms. The summed E-state index contributed by atoms with van der Waals surface area (Å²) in [5, 5.41) is 17.6. The summed E-state index contributed by atoms with van der Waals surface area (Å²) >= 11 is 0. The highest BCUT2D eigenvalue weighted by Crippen LogP contribution is 2.17. The van der Waals surface area contributed by atoms with Crippen LogP contribution in [0.3, 0.4) is 0 Å². The van der Waals surface area contributed by atoms with E-state index in [1.807, 2.05) is 12.1 Å². The maximum Gasteiger partial charge on any atom is 0.340 e. The second-order valence-corrected chi connectivity index (χ2v) is 3.90. The standard InChI is InChI=1S/C11H9N3O3/c15-11-5-9(13-17-11)4-7-1-2-10-8(3-7)6-12-14(10)16/h1-3,6,16H,4-5H2. The van der Waals surface area contributed by atoms with Gasteiger partial charge in [-0.05, 0) is 17.7 Å². The Morgan fingerprint density at radius 1 is 1.47 bits per heavy atom. The number of hydrogen-bond donors (Lipinski definition) is 1. The van der Waals surface area contributed by atoms with Crippen LogP contribution in [0.25, 0.3) is 10.9 Å². The van der Waals surface area contributed by atoms with Crippen LogP contribution in [0.1, 0.15) is 12.0 Å². The quantitative estimate of drug-likeness (QED) is 0.620. The lowest BCUT2D eigenvalue weighted by Crippen LogP contribution is -2.02. The van der Waals surface area contributed by atoms with Gasteiger partial charge in [0, 0.05) is 11.8 Å². The predicted molar refractivity (Wildman–Crippen MR) is 58.8 cm³/mol. The zero-order chi connectivity index (χ0) is 11.8. The Hall–Kier alpha value is -2.37. The van der Waals surface area contributed by atoms with Crippen LogP contribution >= 0.6 is 0 Å². The molecule has 6 nitrogen and oxygen atoms in total. The molecule has 0 amide bonds. The minimum atomic E-state index is -0.316. The van der Waals surface area contributed by atoms with E-state index < -0.39 is 0 Å². The second kappa shape index (κ2) is 3.58. The number of carbonyl (C=O) groups excluding carboxylic acids is 1. The van der Waals surface area contributed by atoms with E-state index in [0.717, 1.165) is 15.8 Å². The van der Waals surface area contributed by atoms with Gasteiger partial charge in [0.15, 0.2) is 0 Å². The number of hydrogen-bond acceptors (Lipinski definition) is 5. The molecule has 3 rings (SSSR count). The summed E-state index contributed by atoms with van der Waals surface area (Å²) in [5.41, 5.74) is 2.36. The van der Waals surface area contributed by atoms with Crippen LogP contribution in [0.5, 0.6) is 0 Å². The summed E-state index contributed by atoms with van der Waals surface area (Å²) in [6, 6.07) is 5.54. The van der Waals surface area contributed by atoms with Crippen LogP contribution in [-0.4, -0.2) is 26.8 Å². The lowest BCUT2D eigenvalue weighted by molar-refractivity contribution is -0.140. The first-order valence-corrected chi connectivity index (χ1v) is 5.14. The van der Waals surface area contributed by atoms with Gasteiger partial charge in [-0.3, -0.25) is 0 Å². The van der Waals surface area contributed by atoms with Gasteiger partial charge in [-0.1, -0.05) is 11.2 Å². The Labute approximate surface area is 96.0 Å². The van der Waals surface area contributed by atoms with Crippen molar-refractivity contribution in [3.63, 3.8) is 0 Å². The van der Waals surface area contributed by atoms with E-state index in [9.17, 15) is 10.0 Å². The SMILES string of the molecule is O=C1CC(Cc2ccc3c(cnn3O)c2)=NO1. The molecule has 0 atom stereocenters. The lowest BCUT2D eigenvalue weighted by atomic mass is 10.1. The Morgan fingerprint density at radius 3 is 3.12 bits per heavy atom. The van der Waals surface area contributed by atoms with Gasteiger partial charge in [0.2, 0.25) is 0 Å². The molecule has 1 aliphatic heterocycles. The third kappa shape index (κ3) is 1.73. The molecule has 6 heteroatoms. The van der Waals surface area contributed by atoms with Gasteiger partial charge in [0.25, 0.3) is 0 Å². The summed E-state index contributed by atoms with van der Waals surface area (Å²) in [7, 11) is 0.